The van der Waals surface area contributed by atoms with Crippen molar-refractivity contribution in [3.05, 3.63) is 107 Å². The van der Waals surface area contributed by atoms with E-state index in [2.05, 4.69) is 18.2 Å². The van der Waals surface area contributed by atoms with E-state index in [1.54, 1.807) is 0 Å². The number of carbonyl (C=O) groups excluding carboxylic acids is 1. The minimum absolute atomic E-state index is 0.0993. The summed E-state index contributed by atoms with van der Waals surface area (Å²) in [6, 6.07) is 28.3. The van der Waals surface area contributed by atoms with Gasteiger partial charge in [0.1, 0.15) is 0 Å². The third-order valence-electron chi connectivity index (χ3n) is 5.32. The van der Waals surface area contributed by atoms with Crippen LogP contribution in [0.5, 0.6) is 0 Å². The SMILES string of the molecule is O=C1/C(=C/c2ccccc2)CCc2nc3ccccc3c(-c3ccccc3)c21. The van der Waals surface area contributed by atoms with Gasteiger partial charge in [-0.05, 0) is 36.1 Å². The lowest BCUT2D eigenvalue weighted by Crippen LogP contribution is -2.17. The minimum atomic E-state index is 0.0993. The average molecular weight is 361 g/mol. The summed E-state index contributed by atoms with van der Waals surface area (Å²) in [6.07, 6.45) is 3.53. The van der Waals surface area contributed by atoms with Crippen molar-refractivity contribution in [1.29, 1.82) is 0 Å². The topological polar surface area (TPSA) is 30.0 Å². The number of Topliss-reactive ketones (excluding diaryl/α,β-unsaturated/α-hetero) is 1. The molecule has 2 heteroatoms. The normalized spacial score (nSPS) is 15.0. The zero-order valence-electron chi connectivity index (χ0n) is 15.4. The number of allylic oxidation sites excluding steroid dienone is 1. The number of hydrogen-bond acceptors (Lipinski definition) is 2. The summed E-state index contributed by atoms with van der Waals surface area (Å²) in [6.45, 7) is 0. The molecule has 2 nitrogen and oxygen atoms in total. The van der Waals surface area contributed by atoms with Gasteiger partial charge in [0.2, 0.25) is 0 Å². The van der Waals surface area contributed by atoms with Crippen molar-refractivity contribution >= 4 is 22.8 Å². The van der Waals surface area contributed by atoms with Crippen LogP contribution in [0.1, 0.15) is 28.0 Å². The summed E-state index contributed by atoms with van der Waals surface area (Å²) in [4.78, 5) is 18.4. The number of aryl methyl sites for hydroxylation is 1. The number of ketones is 1. The number of pyridine rings is 1. The van der Waals surface area contributed by atoms with E-state index in [1.165, 1.54) is 0 Å². The average Bonchev–Trinajstić information content (AvgIpc) is 2.76. The number of rotatable bonds is 2. The van der Waals surface area contributed by atoms with Crippen LogP contribution < -0.4 is 0 Å². The van der Waals surface area contributed by atoms with E-state index in [-0.39, 0.29) is 5.78 Å². The number of hydrogen-bond donors (Lipinski definition) is 0. The second-order valence-corrected chi connectivity index (χ2v) is 7.10. The van der Waals surface area contributed by atoms with Gasteiger partial charge in [0.15, 0.2) is 5.78 Å². The summed E-state index contributed by atoms with van der Waals surface area (Å²) in [5.74, 6) is 0.0993. The first kappa shape index (κ1) is 16.6. The molecule has 1 aliphatic rings. The number of fused-ring (bicyclic) bond motifs is 2. The molecule has 28 heavy (non-hydrogen) atoms. The Morgan fingerprint density at radius 1 is 0.714 bits per heavy atom. The molecule has 0 saturated heterocycles. The number of carbonyl (C=O) groups is 1. The van der Waals surface area contributed by atoms with Gasteiger partial charge in [-0.25, -0.2) is 0 Å². The van der Waals surface area contributed by atoms with Gasteiger partial charge in [0.25, 0.3) is 0 Å². The van der Waals surface area contributed by atoms with Crippen molar-refractivity contribution < 1.29 is 4.79 Å². The molecule has 0 bridgehead atoms. The Labute approximate surface area is 164 Å². The fourth-order valence-corrected chi connectivity index (χ4v) is 4.01. The standard InChI is InChI=1S/C26H19NO/c28-26-20(17-18-9-3-1-4-10-18)15-16-23-25(26)24(19-11-5-2-6-12-19)21-13-7-8-14-22(21)27-23/h1-14,17H,15-16H2/b20-17+. The first-order valence-electron chi connectivity index (χ1n) is 9.58. The van der Waals surface area contributed by atoms with E-state index in [0.717, 1.165) is 57.3 Å². The van der Waals surface area contributed by atoms with E-state index in [1.807, 2.05) is 72.8 Å². The third kappa shape index (κ3) is 2.84. The van der Waals surface area contributed by atoms with Gasteiger partial charge in [-0.15, -0.1) is 0 Å². The monoisotopic (exact) mass is 361 g/mol. The lowest BCUT2D eigenvalue weighted by molar-refractivity contribution is 0.102. The molecule has 1 heterocycles. The first-order chi connectivity index (χ1) is 13.8. The molecule has 1 aromatic heterocycles. The molecule has 0 aliphatic heterocycles. The molecule has 1 aliphatic carbocycles. The number of para-hydroxylation sites is 1. The van der Waals surface area contributed by atoms with Crippen molar-refractivity contribution in [2.24, 2.45) is 0 Å². The number of nitrogens with zero attached hydrogens (tertiary/aromatic N) is 1. The van der Waals surface area contributed by atoms with E-state index >= 15 is 0 Å². The Bertz CT molecular complexity index is 1210. The van der Waals surface area contributed by atoms with Gasteiger partial charge in [0.05, 0.1) is 16.8 Å². The van der Waals surface area contributed by atoms with Crippen molar-refractivity contribution in [2.45, 2.75) is 12.8 Å². The Kier molecular flexibility index (Phi) is 4.10. The van der Waals surface area contributed by atoms with Crippen LogP contribution in [-0.4, -0.2) is 10.8 Å². The van der Waals surface area contributed by atoms with E-state index in [9.17, 15) is 4.79 Å². The fourth-order valence-electron chi connectivity index (χ4n) is 4.01. The van der Waals surface area contributed by atoms with Crippen LogP contribution in [0.3, 0.4) is 0 Å². The minimum Gasteiger partial charge on any atom is -0.289 e. The van der Waals surface area contributed by atoms with Crippen LogP contribution in [0, 0.1) is 0 Å². The Morgan fingerprint density at radius 2 is 1.39 bits per heavy atom. The molecule has 0 amide bonds. The highest BCUT2D eigenvalue weighted by atomic mass is 16.1. The van der Waals surface area contributed by atoms with E-state index in [0.29, 0.717) is 0 Å². The molecule has 0 saturated carbocycles. The third-order valence-corrected chi connectivity index (χ3v) is 5.32. The molecule has 4 aromatic rings. The van der Waals surface area contributed by atoms with Crippen LogP contribution in [0.25, 0.3) is 28.1 Å². The number of benzene rings is 3. The fraction of sp³-hybridized carbons (Fsp3) is 0.0769. The first-order valence-corrected chi connectivity index (χ1v) is 9.58. The molecule has 0 unspecified atom stereocenters. The molecule has 5 rings (SSSR count). The highest BCUT2D eigenvalue weighted by molar-refractivity contribution is 6.19. The highest BCUT2D eigenvalue weighted by Crippen LogP contribution is 2.38. The molecular formula is C26H19NO. The molecule has 3 aromatic carbocycles. The number of aromatic nitrogens is 1. The van der Waals surface area contributed by atoms with Crippen molar-refractivity contribution in [3.63, 3.8) is 0 Å². The molecule has 0 N–H and O–H groups in total. The maximum atomic E-state index is 13.6. The second-order valence-electron chi connectivity index (χ2n) is 7.10. The summed E-state index contributed by atoms with van der Waals surface area (Å²) in [5, 5.41) is 1.03. The van der Waals surface area contributed by atoms with Gasteiger partial charge < -0.3 is 0 Å². The Morgan fingerprint density at radius 3 is 2.18 bits per heavy atom. The summed E-state index contributed by atoms with van der Waals surface area (Å²) in [5.41, 5.74) is 6.60. The van der Waals surface area contributed by atoms with Crippen LogP contribution in [0.15, 0.2) is 90.5 Å². The van der Waals surface area contributed by atoms with Crippen LogP contribution in [0.4, 0.5) is 0 Å². The highest BCUT2D eigenvalue weighted by Gasteiger charge is 2.28. The maximum Gasteiger partial charge on any atom is 0.191 e. The van der Waals surface area contributed by atoms with Gasteiger partial charge in [-0.1, -0.05) is 78.9 Å². The lowest BCUT2D eigenvalue weighted by atomic mass is 9.83. The largest absolute Gasteiger partial charge is 0.289 e. The molecule has 134 valence electrons. The quantitative estimate of drug-likeness (QED) is 0.403. The molecule has 0 fully saturated rings. The molecule has 0 radical (unpaired) electrons. The predicted molar refractivity (Wildman–Crippen MR) is 114 cm³/mol. The molecular weight excluding hydrogens is 342 g/mol. The summed E-state index contributed by atoms with van der Waals surface area (Å²) < 4.78 is 0. The van der Waals surface area contributed by atoms with Crippen LogP contribution in [-0.2, 0) is 6.42 Å². The lowest BCUT2D eigenvalue weighted by Gasteiger charge is -2.22. The zero-order chi connectivity index (χ0) is 18.9. The Balaban J connectivity index is 1.76. The van der Waals surface area contributed by atoms with Crippen molar-refractivity contribution in [1.82, 2.24) is 4.98 Å². The van der Waals surface area contributed by atoms with Crippen molar-refractivity contribution in [3.8, 4) is 11.1 Å². The summed E-state index contributed by atoms with van der Waals surface area (Å²) >= 11 is 0. The maximum absolute atomic E-state index is 13.6. The second kappa shape index (κ2) is 6.90. The van der Waals surface area contributed by atoms with Gasteiger partial charge in [-0.2, -0.15) is 0 Å². The van der Waals surface area contributed by atoms with Gasteiger partial charge in [0, 0.05) is 16.5 Å². The zero-order valence-corrected chi connectivity index (χ0v) is 15.4. The van der Waals surface area contributed by atoms with E-state index < -0.39 is 0 Å². The van der Waals surface area contributed by atoms with E-state index in [4.69, 9.17) is 4.98 Å². The predicted octanol–water partition coefficient (Wildman–Crippen LogP) is 6.11. The van der Waals surface area contributed by atoms with Crippen LogP contribution >= 0.6 is 0 Å². The Hall–Kier alpha value is -3.52. The van der Waals surface area contributed by atoms with Gasteiger partial charge >= 0.3 is 0 Å². The van der Waals surface area contributed by atoms with Gasteiger partial charge in [-0.3, -0.25) is 9.78 Å². The van der Waals surface area contributed by atoms with Crippen LogP contribution in [0.2, 0.25) is 0 Å². The molecule has 0 atom stereocenters. The summed E-state index contributed by atoms with van der Waals surface area (Å²) in [7, 11) is 0. The van der Waals surface area contributed by atoms with Crippen molar-refractivity contribution in [2.75, 3.05) is 0 Å². The molecule has 0 spiro atoms. The smallest absolute Gasteiger partial charge is 0.191 e.